The first-order valence-electron chi connectivity index (χ1n) is 6.73. The van der Waals surface area contributed by atoms with E-state index in [9.17, 15) is 5.11 Å². The minimum atomic E-state index is -0.451. The van der Waals surface area contributed by atoms with Crippen molar-refractivity contribution in [3.63, 3.8) is 0 Å². The number of aliphatic hydroxyl groups excluding tert-OH is 1. The van der Waals surface area contributed by atoms with Crippen LogP contribution in [0.4, 0.5) is 0 Å². The quantitative estimate of drug-likeness (QED) is 0.932. The Kier molecular flexibility index (Phi) is 4.43. The van der Waals surface area contributed by atoms with Crippen molar-refractivity contribution in [1.82, 2.24) is 15.0 Å². The molecule has 1 N–H and O–H groups in total. The predicted octanol–water partition coefficient (Wildman–Crippen LogP) is 3.07. The van der Waals surface area contributed by atoms with E-state index in [1.54, 1.807) is 4.68 Å². The number of halogens is 1. The van der Waals surface area contributed by atoms with Gasteiger partial charge in [-0.2, -0.15) is 0 Å². The molecule has 0 aliphatic heterocycles. The molecule has 0 spiro atoms. The zero-order valence-electron chi connectivity index (χ0n) is 11.3. The lowest BCUT2D eigenvalue weighted by molar-refractivity contribution is 0.0603. The fourth-order valence-corrected chi connectivity index (χ4v) is 3.57. The van der Waals surface area contributed by atoms with Gasteiger partial charge >= 0.3 is 0 Å². The highest BCUT2D eigenvalue weighted by atomic mass is 79.9. The van der Waals surface area contributed by atoms with Crippen LogP contribution in [-0.2, 0) is 7.05 Å². The van der Waals surface area contributed by atoms with Gasteiger partial charge < -0.3 is 5.11 Å². The van der Waals surface area contributed by atoms with Crippen molar-refractivity contribution < 1.29 is 5.11 Å². The average Bonchev–Trinajstić information content (AvgIpc) is 2.68. The van der Waals surface area contributed by atoms with Gasteiger partial charge in [-0.25, -0.2) is 4.68 Å². The fraction of sp³-hybridized carbons (Fsp3) is 0.846. The number of nitrogens with zero attached hydrogens (tertiary/aromatic N) is 3. The number of hydrogen-bond acceptors (Lipinski definition) is 3. The van der Waals surface area contributed by atoms with Crippen molar-refractivity contribution in [2.45, 2.75) is 45.6 Å². The van der Waals surface area contributed by atoms with Crippen molar-refractivity contribution in [1.29, 1.82) is 0 Å². The number of aliphatic hydroxyl groups is 1. The molecule has 1 atom stereocenters. The summed E-state index contributed by atoms with van der Waals surface area (Å²) in [5.41, 5.74) is 0.808. The third kappa shape index (κ3) is 2.77. The molecule has 102 valence electrons. The van der Waals surface area contributed by atoms with Gasteiger partial charge in [0.25, 0.3) is 0 Å². The van der Waals surface area contributed by atoms with Crippen LogP contribution in [0, 0.1) is 17.8 Å². The van der Waals surface area contributed by atoms with Gasteiger partial charge in [-0.1, -0.05) is 19.1 Å². The van der Waals surface area contributed by atoms with Crippen LogP contribution in [0.2, 0.25) is 0 Å². The normalized spacial score (nSPS) is 26.6. The van der Waals surface area contributed by atoms with E-state index in [-0.39, 0.29) is 0 Å². The average molecular weight is 316 g/mol. The molecule has 0 bridgehead atoms. The van der Waals surface area contributed by atoms with Gasteiger partial charge in [0, 0.05) is 7.05 Å². The summed E-state index contributed by atoms with van der Waals surface area (Å²) >= 11 is 3.36. The van der Waals surface area contributed by atoms with E-state index >= 15 is 0 Å². The molecule has 0 aromatic carbocycles. The summed E-state index contributed by atoms with van der Waals surface area (Å²) in [7, 11) is 1.83. The smallest absolute Gasteiger partial charge is 0.154 e. The first-order valence-corrected chi connectivity index (χ1v) is 7.53. The molecule has 0 radical (unpaired) electrons. The Hall–Kier alpha value is -0.420. The first kappa shape index (κ1) is 14.0. The Bertz CT molecular complexity index is 377. The van der Waals surface area contributed by atoms with Gasteiger partial charge in [0.1, 0.15) is 11.8 Å². The molecule has 1 aromatic rings. The molecule has 2 rings (SSSR count). The van der Waals surface area contributed by atoms with Crippen LogP contribution in [0.3, 0.4) is 0 Å². The molecule has 0 saturated heterocycles. The molecular weight excluding hydrogens is 294 g/mol. The Morgan fingerprint density at radius 2 is 1.78 bits per heavy atom. The van der Waals surface area contributed by atoms with Gasteiger partial charge in [0.15, 0.2) is 4.60 Å². The zero-order chi connectivity index (χ0) is 13.3. The van der Waals surface area contributed by atoms with E-state index in [0.717, 1.165) is 30.4 Å². The van der Waals surface area contributed by atoms with Gasteiger partial charge in [-0.3, -0.25) is 0 Å². The monoisotopic (exact) mass is 315 g/mol. The highest BCUT2D eigenvalue weighted by Gasteiger charge is 2.31. The standard InChI is InChI=1S/C13H22BrN3O/c1-8(2)9-4-6-10(7-5-9)12(18)11-13(14)15-16-17(11)3/h8-10,12,18H,4-7H2,1-3H3. The first-order chi connectivity index (χ1) is 8.50. The summed E-state index contributed by atoms with van der Waals surface area (Å²) in [6.45, 7) is 4.59. The molecule has 1 heterocycles. The topological polar surface area (TPSA) is 50.9 Å². The van der Waals surface area contributed by atoms with Crippen LogP contribution in [0.25, 0.3) is 0 Å². The lowest BCUT2D eigenvalue weighted by atomic mass is 9.75. The molecule has 1 aliphatic carbocycles. The second-order valence-corrected chi connectivity index (χ2v) is 6.50. The van der Waals surface area contributed by atoms with Gasteiger partial charge in [-0.15, -0.1) is 5.10 Å². The maximum absolute atomic E-state index is 10.5. The van der Waals surface area contributed by atoms with E-state index in [1.165, 1.54) is 12.8 Å². The second kappa shape index (κ2) is 5.70. The maximum atomic E-state index is 10.5. The molecule has 1 unspecified atom stereocenters. The molecular formula is C13H22BrN3O. The predicted molar refractivity (Wildman–Crippen MR) is 73.9 cm³/mol. The van der Waals surface area contributed by atoms with Crippen molar-refractivity contribution >= 4 is 15.9 Å². The van der Waals surface area contributed by atoms with Crippen LogP contribution in [0.1, 0.15) is 51.3 Å². The SMILES string of the molecule is CC(C)C1CCC(C(O)c2c(Br)nnn2C)CC1. The van der Waals surface area contributed by atoms with Gasteiger partial charge in [0.05, 0.1) is 0 Å². The Morgan fingerprint density at radius 3 is 2.22 bits per heavy atom. The van der Waals surface area contributed by atoms with Crippen molar-refractivity contribution in [2.75, 3.05) is 0 Å². The Balaban J connectivity index is 2.02. The highest BCUT2D eigenvalue weighted by Crippen LogP contribution is 2.40. The third-order valence-corrected chi connectivity index (χ3v) is 4.88. The lowest BCUT2D eigenvalue weighted by Gasteiger charge is -2.33. The Labute approximate surface area is 117 Å². The van der Waals surface area contributed by atoms with Crippen LogP contribution in [0.5, 0.6) is 0 Å². The second-order valence-electron chi connectivity index (χ2n) is 5.75. The maximum Gasteiger partial charge on any atom is 0.154 e. The number of aromatic nitrogens is 3. The minimum Gasteiger partial charge on any atom is -0.386 e. The zero-order valence-corrected chi connectivity index (χ0v) is 12.9. The number of hydrogen-bond donors (Lipinski definition) is 1. The lowest BCUT2D eigenvalue weighted by Crippen LogP contribution is -2.24. The Morgan fingerprint density at radius 1 is 1.22 bits per heavy atom. The van der Waals surface area contributed by atoms with Crippen molar-refractivity contribution in [3.05, 3.63) is 10.3 Å². The van der Waals surface area contributed by atoms with E-state index in [0.29, 0.717) is 10.5 Å². The number of aryl methyl sites for hydroxylation is 1. The molecule has 1 aromatic heterocycles. The summed E-state index contributed by atoms with van der Waals surface area (Å²) in [6, 6.07) is 0. The molecule has 4 nitrogen and oxygen atoms in total. The summed E-state index contributed by atoms with van der Waals surface area (Å²) < 4.78 is 2.34. The van der Waals surface area contributed by atoms with Gasteiger partial charge in [-0.05, 0) is 59.4 Å². The summed E-state index contributed by atoms with van der Waals surface area (Å²) in [5, 5.41) is 18.4. The van der Waals surface area contributed by atoms with Crippen LogP contribution >= 0.6 is 15.9 Å². The van der Waals surface area contributed by atoms with E-state index in [2.05, 4.69) is 40.1 Å². The van der Waals surface area contributed by atoms with Crippen molar-refractivity contribution in [3.8, 4) is 0 Å². The molecule has 5 heteroatoms. The molecule has 18 heavy (non-hydrogen) atoms. The van der Waals surface area contributed by atoms with Crippen molar-refractivity contribution in [2.24, 2.45) is 24.8 Å². The molecule has 1 aliphatic rings. The minimum absolute atomic E-state index is 0.341. The van der Waals surface area contributed by atoms with Gasteiger partial charge in [0.2, 0.25) is 0 Å². The molecule has 1 fully saturated rings. The summed E-state index contributed by atoms with van der Waals surface area (Å²) in [4.78, 5) is 0. The van der Waals surface area contributed by atoms with E-state index < -0.39 is 6.10 Å². The summed E-state index contributed by atoms with van der Waals surface area (Å²) in [5.74, 6) is 1.92. The highest BCUT2D eigenvalue weighted by molar-refractivity contribution is 9.10. The van der Waals surface area contributed by atoms with Crippen LogP contribution in [-0.4, -0.2) is 20.1 Å². The van der Waals surface area contributed by atoms with E-state index in [1.807, 2.05) is 7.05 Å². The third-order valence-electron chi connectivity index (χ3n) is 4.31. The van der Waals surface area contributed by atoms with E-state index in [4.69, 9.17) is 0 Å². The molecule has 0 amide bonds. The van der Waals surface area contributed by atoms with Crippen LogP contribution in [0.15, 0.2) is 4.60 Å². The number of rotatable bonds is 3. The van der Waals surface area contributed by atoms with Crippen LogP contribution < -0.4 is 0 Å². The fourth-order valence-electron chi connectivity index (χ4n) is 3.00. The molecule has 1 saturated carbocycles. The largest absolute Gasteiger partial charge is 0.386 e. The summed E-state index contributed by atoms with van der Waals surface area (Å²) in [6.07, 6.45) is 4.20.